The summed E-state index contributed by atoms with van der Waals surface area (Å²) in [5.41, 5.74) is 3.74. The summed E-state index contributed by atoms with van der Waals surface area (Å²) in [5, 5.41) is 2.94. The average molecular weight is 446 g/mol. The molecule has 1 atom stereocenters. The van der Waals surface area contributed by atoms with Gasteiger partial charge in [-0.25, -0.2) is 0 Å². The molecule has 1 aromatic heterocycles. The minimum absolute atomic E-state index is 0.0298. The third kappa shape index (κ3) is 5.31. The van der Waals surface area contributed by atoms with Gasteiger partial charge in [-0.1, -0.05) is 30.3 Å². The Bertz CT molecular complexity index is 1130. The van der Waals surface area contributed by atoms with E-state index in [1.807, 2.05) is 30.3 Å². The number of carbonyl (C=O) groups is 2. The normalized spacial score (nSPS) is 14.8. The number of benzene rings is 2. The number of fused-ring (bicyclic) bond motifs is 1. The van der Waals surface area contributed by atoms with E-state index >= 15 is 0 Å². The largest absolute Gasteiger partial charge is 0.493 e. The number of amides is 2. The van der Waals surface area contributed by atoms with Crippen LogP contribution in [0.1, 0.15) is 36.1 Å². The molecule has 2 heterocycles. The zero-order chi connectivity index (χ0) is 23.2. The summed E-state index contributed by atoms with van der Waals surface area (Å²) < 4.78 is 11.3. The van der Waals surface area contributed by atoms with Gasteiger partial charge in [-0.15, -0.1) is 0 Å². The molecule has 0 bridgehead atoms. The molecule has 3 aromatic rings. The van der Waals surface area contributed by atoms with Crippen LogP contribution in [0, 0.1) is 0 Å². The van der Waals surface area contributed by atoms with Crippen LogP contribution >= 0.6 is 0 Å². The molecule has 0 fully saturated rings. The molecule has 1 N–H and O–H groups in total. The summed E-state index contributed by atoms with van der Waals surface area (Å²) in [6, 6.07) is 16.8. The number of pyridine rings is 1. The number of anilines is 1. The first-order valence-corrected chi connectivity index (χ1v) is 10.9. The van der Waals surface area contributed by atoms with Crippen molar-refractivity contribution < 1.29 is 19.1 Å². The highest BCUT2D eigenvalue weighted by Gasteiger charge is 2.30. The Morgan fingerprint density at radius 1 is 1.12 bits per heavy atom. The average Bonchev–Trinajstić information content (AvgIpc) is 2.83. The number of nitrogens with one attached hydrogen (secondary N) is 1. The minimum atomic E-state index is -0.285. The smallest absolute Gasteiger partial charge is 0.226 e. The van der Waals surface area contributed by atoms with Gasteiger partial charge in [-0.05, 0) is 35.7 Å². The van der Waals surface area contributed by atoms with E-state index in [2.05, 4.69) is 16.4 Å². The number of hydrogen-bond acceptors (Lipinski definition) is 5. The van der Waals surface area contributed by atoms with Crippen molar-refractivity contribution in [3.8, 4) is 11.5 Å². The standard InChI is InChI=1S/C26H27N3O4/c1-18(30)29-13-11-20-7-3-4-8-22(20)23(29)15-26(31)28-21-9-10-24(32-2)25(14-21)33-17-19-6-5-12-27-16-19/h3-10,12,14,16,23H,11,13,15,17H2,1-2H3,(H,28,31). The van der Waals surface area contributed by atoms with Gasteiger partial charge in [0.1, 0.15) is 6.61 Å². The van der Waals surface area contributed by atoms with E-state index in [1.165, 1.54) is 5.56 Å². The Morgan fingerprint density at radius 3 is 2.73 bits per heavy atom. The summed E-state index contributed by atoms with van der Waals surface area (Å²) in [6.45, 7) is 2.49. The van der Waals surface area contributed by atoms with E-state index < -0.39 is 0 Å². The van der Waals surface area contributed by atoms with Crippen molar-refractivity contribution >= 4 is 17.5 Å². The summed E-state index contributed by atoms with van der Waals surface area (Å²) in [4.78, 5) is 31.1. The van der Waals surface area contributed by atoms with Crippen LogP contribution < -0.4 is 14.8 Å². The molecule has 2 amide bonds. The van der Waals surface area contributed by atoms with E-state index in [9.17, 15) is 9.59 Å². The van der Waals surface area contributed by atoms with E-state index in [4.69, 9.17) is 9.47 Å². The third-order valence-corrected chi connectivity index (χ3v) is 5.76. The van der Waals surface area contributed by atoms with Crippen LogP contribution in [0.5, 0.6) is 11.5 Å². The van der Waals surface area contributed by atoms with E-state index in [0.29, 0.717) is 30.3 Å². The van der Waals surface area contributed by atoms with Gasteiger partial charge in [0.2, 0.25) is 11.8 Å². The summed E-state index contributed by atoms with van der Waals surface area (Å²) in [7, 11) is 1.57. The van der Waals surface area contributed by atoms with Gasteiger partial charge in [0.05, 0.1) is 19.6 Å². The lowest BCUT2D eigenvalue weighted by molar-refractivity contribution is -0.132. The van der Waals surface area contributed by atoms with Crippen LogP contribution in [0.2, 0.25) is 0 Å². The van der Waals surface area contributed by atoms with E-state index in [-0.39, 0.29) is 24.3 Å². The summed E-state index contributed by atoms with van der Waals surface area (Å²) >= 11 is 0. The van der Waals surface area contributed by atoms with E-state index in [1.54, 1.807) is 49.5 Å². The number of aromatic nitrogens is 1. The van der Waals surface area contributed by atoms with Crippen molar-refractivity contribution in [2.45, 2.75) is 32.4 Å². The second-order valence-electron chi connectivity index (χ2n) is 7.94. The van der Waals surface area contributed by atoms with Crippen molar-refractivity contribution in [1.82, 2.24) is 9.88 Å². The number of ether oxygens (including phenoxy) is 2. The number of nitrogens with zero attached hydrogens (tertiary/aromatic N) is 2. The first kappa shape index (κ1) is 22.3. The second-order valence-corrected chi connectivity index (χ2v) is 7.94. The van der Waals surface area contributed by atoms with Gasteiger partial charge in [0.15, 0.2) is 11.5 Å². The molecule has 7 nitrogen and oxygen atoms in total. The molecule has 33 heavy (non-hydrogen) atoms. The maximum Gasteiger partial charge on any atom is 0.226 e. The Labute approximate surface area is 193 Å². The Kier molecular flexibility index (Phi) is 6.88. The molecule has 170 valence electrons. The highest BCUT2D eigenvalue weighted by Crippen LogP contribution is 2.34. The van der Waals surface area contributed by atoms with Gasteiger partial charge in [-0.2, -0.15) is 0 Å². The zero-order valence-electron chi connectivity index (χ0n) is 18.8. The third-order valence-electron chi connectivity index (χ3n) is 5.76. The molecule has 0 saturated carbocycles. The molecule has 1 unspecified atom stereocenters. The monoisotopic (exact) mass is 445 g/mol. The molecule has 2 aromatic carbocycles. The van der Waals surface area contributed by atoms with Crippen molar-refractivity contribution in [3.05, 3.63) is 83.7 Å². The van der Waals surface area contributed by atoms with Gasteiger partial charge >= 0.3 is 0 Å². The number of carbonyl (C=O) groups excluding carboxylic acids is 2. The molecule has 7 heteroatoms. The fourth-order valence-corrected chi connectivity index (χ4v) is 4.15. The molecular formula is C26H27N3O4. The summed E-state index contributed by atoms with van der Waals surface area (Å²) in [5.74, 6) is 0.887. The number of rotatable bonds is 7. The maximum atomic E-state index is 13.0. The SMILES string of the molecule is COc1ccc(NC(=O)CC2c3ccccc3CCN2C(C)=O)cc1OCc1cccnc1. The van der Waals surface area contributed by atoms with Crippen LogP contribution in [-0.4, -0.2) is 35.4 Å². The molecule has 0 radical (unpaired) electrons. The lowest BCUT2D eigenvalue weighted by Gasteiger charge is -2.36. The van der Waals surface area contributed by atoms with E-state index in [0.717, 1.165) is 17.5 Å². The van der Waals surface area contributed by atoms with Crippen molar-refractivity contribution in [1.29, 1.82) is 0 Å². The van der Waals surface area contributed by atoms with Gasteiger partial charge in [-0.3, -0.25) is 14.6 Å². The van der Waals surface area contributed by atoms with Crippen LogP contribution in [0.15, 0.2) is 67.0 Å². The highest BCUT2D eigenvalue weighted by atomic mass is 16.5. The molecule has 0 spiro atoms. The highest BCUT2D eigenvalue weighted by molar-refractivity contribution is 5.92. The van der Waals surface area contributed by atoms with Gasteiger partial charge < -0.3 is 19.7 Å². The number of hydrogen-bond donors (Lipinski definition) is 1. The van der Waals surface area contributed by atoms with Crippen LogP contribution in [0.3, 0.4) is 0 Å². The molecule has 0 saturated heterocycles. The van der Waals surface area contributed by atoms with Crippen molar-refractivity contribution in [2.24, 2.45) is 0 Å². The second kappa shape index (κ2) is 10.2. The minimum Gasteiger partial charge on any atom is -0.493 e. The van der Waals surface area contributed by atoms with Gasteiger partial charge in [0.25, 0.3) is 0 Å². The molecule has 1 aliphatic rings. The molecule has 0 aliphatic carbocycles. The quantitative estimate of drug-likeness (QED) is 0.591. The Balaban J connectivity index is 1.48. The Morgan fingerprint density at radius 2 is 1.97 bits per heavy atom. The first-order chi connectivity index (χ1) is 16.0. The fraction of sp³-hybridized carbons (Fsp3) is 0.269. The Hall–Kier alpha value is -3.87. The lowest BCUT2D eigenvalue weighted by Crippen LogP contribution is -2.40. The predicted molar refractivity (Wildman–Crippen MR) is 125 cm³/mol. The zero-order valence-corrected chi connectivity index (χ0v) is 18.8. The topological polar surface area (TPSA) is 80.8 Å². The first-order valence-electron chi connectivity index (χ1n) is 10.9. The van der Waals surface area contributed by atoms with Crippen LogP contribution in [0.4, 0.5) is 5.69 Å². The van der Waals surface area contributed by atoms with Crippen molar-refractivity contribution in [3.63, 3.8) is 0 Å². The van der Waals surface area contributed by atoms with Crippen molar-refractivity contribution in [2.75, 3.05) is 19.0 Å². The fourth-order valence-electron chi connectivity index (χ4n) is 4.15. The molecular weight excluding hydrogens is 418 g/mol. The molecule has 4 rings (SSSR count). The number of methoxy groups -OCH3 is 1. The van der Waals surface area contributed by atoms with Gasteiger partial charge in [0, 0.05) is 43.2 Å². The lowest BCUT2D eigenvalue weighted by atomic mass is 9.90. The molecule has 1 aliphatic heterocycles. The van der Waals surface area contributed by atoms with Crippen LogP contribution in [-0.2, 0) is 22.6 Å². The maximum absolute atomic E-state index is 13.0. The van der Waals surface area contributed by atoms with Crippen LogP contribution in [0.25, 0.3) is 0 Å². The predicted octanol–water partition coefficient (Wildman–Crippen LogP) is 4.14. The summed E-state index contributed by atoms with van der Waals surface area (Å²) in [6.07, 6.45) is 4.41.